The van der Waals surface area contributed by atoms with Gasteiger partial charge in [-0.25, -0.2) is 0 Å². The van der Waals surface area contributed by atoms with Crippen LogP contribution in [-0.2, 0) is 0 Å². The van der Waals surface area contributed by atoms with Crippen LogP contribution in [0.15, 0.2) is 73.9 Å². The van der Waals surface area contributed by atoms with E-state index in [1.54, 1.807) is 0 Å². The van der Waals surface area contributed by atoms with Gasteiger partial charge in [0, 0.05) is 19.6 Å². The van der Waals surface area contributed by atoms with E-state index in [0.29, 0.717) is 0 Å². The first-order valence-corrected chi connectivity index (χ1v) is 6.35. The zero-order valence-corrected chi connectivity index (χ0v) is 9.57. The molecule has 0 aromatic heterocycles. The van der Waals surface area contributed by atoms with Crippen molar-refractivity contribution >= 4 is 23.5 Å². The average molecular weight is 228 g/mol. The maximum atomic E-state index is 3.10. The minimum atomic E-state index is 1.32. The maximum absolute atomic E-state index is 3.10. The van der Waals surface area contributed by atoms with E-state index < -0.39 is 0 Å². The highest BCUT2D eigenvalue weighted by atomic mass is 32.2. The molecule has 0 bridgehead atoms. The summed E-state index contributed by atoms with van der Waals surface area (Å²) in [5.74, 6) is 0. The van der Waals surface area contributed by atoms with Crippen molar-refractivity contribution in [1.82, 2.24) is 0 Å². The Morgan fingerprint density at radius 3 is 1.87 bits per heavy atom. The summed E-state index contributed by atoms with van der Waals surface area (Å²) in [6.07, 6.45) is 8.20. The predicted molar refractivity (Wildman–Crippen MR) is 67.0 cm³/mol. The number of benzene rings is 1. The van der Waals surface area contributed by atoms with Gasteiger partial charge in [-0.1, -0.05) is 35.7 Å². The Bertz CT molecular complexity index is 484. The molecule has 0 nitrogen and oxygen atoms in total. The van der Waals surface area contributed by atoms with Crippen molar-refractivity contribution in [2.75, 3.05) is 0 Å². The van der Waals surface area contributed by atoms with Crippen LogP contribution in [0.4, 0.5) is 0 Å². The predicted octanol–water partition coefficient (Wildman–Crippen LogP) is 4.38. The van der Waals surface area contributed by atoms with Gasteiger partial charge in [0.1, 0.15) is 0 Å². The molecule has 0 amide bonds. The third kappa shape index (κ3) is 1.72. The molecule has 72 valence electrons. The quantitative estimate of drug-likeness (QED) is 0.604. The van der Waals surface area contributed by atoms with Crippen LogP contribution in [0.3, 0.4) is 0 Å². The van der Waals surface area contributed by atoms with Crippen LogP contribution in [0, 0.1) is 0 Å². The van der Waals surface area contributed by atoms with Crippen LogP contribution in [0.5, 0.6) is 0 Å². The second kappa shape index (κ2) is 3.82. The first kappa shape index (κ1) is 9.17. The fraction of sp³-hybridized carbons (Fsp3) is 0. The molecule has 0 fully saturated rings. The van der Waals surface area contributed by atoms with Crippen LogP contribution < -0.4 is 0 Å². The lowest BCUT2D eigenvalue weighted by Gasteiger charge is -2.19. The monoisotopic (exact) mass is 228 g/mol. The van der Waals surface area contributed by atoms with Gasteiger partial charge in [-0.15, -0.1) is 5.73 Å². The zero-order chi connectivity index (χ0) is 10.1. The van der Waals surface area contributed by atoms with Crippen LogP contribution in [0.25, 0.3) is 0 Å². The zero-order valence-electron chi connectivity index (χ0n) is 7.94. The largest absolute Gasteiger partial charge is 0.121 e. The van der Waals surface area contributed by atoms with E-state index in [-0.39, 0.29) is 0 Å². The lowest BCUT2D eigenvalue weighted by Crippen LogP contribution is -1.90. The highest BCUT2D eigenvalue weighted by Gasteiger charge is 2.18. The fourth-order valence-electron chi connectivity index (χ4n) is 1.49. The topological polar surface area (TPSA) is 0 Å². The number of hydrogen-bond donors (Lipinski definition) is 0. The van der Waals surface area contributed by atoms with Crippen molar-refractivity contribution in [3.05, 3.63) is 64.1 Å². The summed E-state index contributed by atoms with van der Waals surface area (Å²) in [6.45, 7) is 0. The smallest absolute Gasteiger partial charge is 0.0268 e. The Morgan fingerprint density at radius 1 is 0.800 bits per heavy atom. The van der Waals surface area contributed by atoms with Crippen LogP contribution in [-0.4, -0.2) is 0 Å². The van der Waals surface area contributed by atoms with Gasteiger partial charge in [0.15, 0.2) is 0 Å². The first-order valence-electron chi connectivity index (χ1n) is 4.72. The van der Waals surface area contributed by atoms with Crippen molar-refractivity contribution in [3.8, 4) is 0 Å². The summed E-state index contributed by atoms with van der Waals surface area (Å²) in [4.78, 5) is 5.34. The highest BCUT2D eigenvalue weighted by molar-refractivity contribution is 8.11. The summed E-state index contributed by atoms with van der Waals surface area (Å²) >= 11 is 3.67. The standard InChI is InChI=1S/C13H8S2/c1-2-6-10-11(7-3-1)15-13-9-5-4-8-12(13)14-10/h2-9H. The molecule has 1 aliphatic carbocycles. The van der Waals surface area contributed by atoms with Crippen LogP contribution in [0.2, 0.25) is 0 Å². The van der Waals surface area contributed by atoms with E-state index in [0.717, 1.165) is 0 Å². The maximum Gasteiger partial charge on any atom is 0.0268 e. The normalized spacial score (nSPS) is 17.3. The summed E-state index contributed by atoms with van der Waals surface area (Å²) in [5.41, 5.74) is 3.10. The van der Waals surface area contributed by atoms with E-state index in [1.807, 2.05) is 35.7 Å². The van der Waals surface area contributed by atoms with E-state index in [9.17, 15) is 0 Å². The lowest BCUT2D eigenvalue weighted by atomic mass is 10.4. The van der Waals surface area contributed by atoms with Gasteiger partial charge in [-0.05, 0) is 36.4 Å². The van der Waals surface area contributed by atoms with Crippen molar-refractivity contribution in [2.45, 2.75) is 9.79 Å². The number of hydrogen-bond acceptors (Lipinski definition) is 2. The van der Waals surface area contributed by atoms with Gasteiger partial charge >= 0.3 is 0 Å². The molecule has 1 heterocycles. The van der Waals surface area contributed by atoms with E-state index in [1.165, 1.54) is 19.6 Å². The fourth-order valence-corrected chi connectivity index (χ4v) is 3.71. The van der Waals surface area contributed by atoms with E-state index in [4.69, 9.17) is 0 Å². The molecule has 0 unspecified atom stereocenters. The van der Waals surface area contributed by atoms with Crippen molar-refractivity contribution in [2.24, 2.45) is 0 Å². The Balaban J connectivity index is 2.11. The summed E-state index contributed by atoms with van der Waals surface area (Å²) in [7, 11) is 0. The minimum absolute atomic E-state index is 1.32. The molecule has 0 saturated heterocycles. The van der Waals surface area contributed by atoms with Crippen LogP contribution in [0.1, 0.15) is 0 Å². The molecule has 3 rings (SSSR count). The Hall–Kier alpha value is -1.08. The molecule has 1 aliphatic heterocycles. The van der Waals surface area contributed by atoms with Gasteiger partial charge in [-0.3, -0.25) is 0 Å². The molecule has 0 radical (unpaired) electrons. The van der Waals surface area contributed by atoms with Gasteiger partial charge in [0.25, 0.3) is 0 Å². The second-order valence-electron chi connectivity index (χ2n) is 3.21. The molecule has 0 N–H and O–H groups in total. The number of allylic oxidation sites excluding steroid dienone is 3. The molecule has 1 aromatic carbocycles. The number of fused-ring (bicyclic) bond motifs is 2. The summed E-state index contributed by atoms with van der Waals surface area (Å²) in [6, 6.07) is 8.53. The first-order chi connectivity index (χ1) is 7.43. The second-order valence-corrected chi connectivity index (χ2v) is 5.38. The molecular weight excluding hydrogens is 220 g/mol. The SMILES string of the molecule is C1=CC=C2Sc3ccccc3SC2=CC=1. The molecular formula is C13H8S2. The third-order valence-corrected chi connectivity index (χ3v) is 4.76. The lowest BCUT2D eigenvalue weighted by molar-refractivity contribution is 1.25. The van der Waals surface area contributed by atoms with Gasteiger partial charge in [-0.2, -0.15) is 0 Å². The Labute approximate surface area is 97.5 Å². The van der Waals surface area contributed by atoms with Gasteiger partial charge in [0.2, 0.25) is 0 Å². The van der Waals surface area contributed by atoms with Crippen molar-refractivity contribution in [1.29, 1.82) is 0 Å². The van der Waals surface area contributed by atoms with Gasteiger partial charge < -0.3 is 0 Å². The number of thioether (sulfide) groups is 2. The van der Waals surface area contributed by atoms with E-state index >= 15 is 0 Å². The molecule has 0 saturated carbocycles. The molecule has 0 spiro atoms. The third-order valence-electron chi connectivity index (χ3n) is 2.19. The molecule has 15 heavy (non-hydrogen) atoms. The van der Waals surface area contributed by atoms with Crippen LogP contribution >= 0.6 is 23.5 Å². The van der Waals surface area contributed by atoms with E-state index in [2.05, 4.69) is 42.1 Å². The molecule has 2 heteroatoms. The molecule has 1 aromatic rings. The van der Waals surface area contributed by atoms with Crippen molar-refractivity contribution < 1.29 is 0 Å². The average Bonchev–Trinajstić information content (AvgIpc) is 2.50. The van der Waals surface area contributed by atoms with Crippen molar-refractivity contribution in [3.63, 3.8) is 0 Å². The summed E-state index contributed by atoms with van der Waals surface area (Å²) in [5, 5.41) is 0. The summed E-state index contributed by atoms with van der Waals surface area (Å²) < 4.78 is 0. The minimum Gasteiger partial charge on any atom is -0.121 e. The highest BCUT2D eigenvalue weighted by Crippen LogP contribution is 2.49. The van der Waals surface area contributed by atoms with Gasteiger partial charge in [0.05, 0.1) is 0 Å². The Morgan fingerprint density at radius 2 is 1.33 bits per heavy atom. The Kier molecular flexibility index (Phi) is 2.34. The molecule has 0 atom stereocenters. The molecule has 2 aliphatic rings. The number of rotatable bonds is 0.